The molecular formula is C36H60O10. The predicted octanol–water partition coefficient (Wildman–Crippen LogP) is 2.31. The van der Waals surface area contributed by atoms with Crippen molar-refractivity contribution in [1.29, 1.82) is 0 Å². The van der Waals surface area contributed by atoms with E-state index in [2.05, 4.69) is 34.6 Å². The largest absolute Gasteiger partial charge is 0.394 e. The monoisotopic (exact) mass is 652 g/mol. The van der Waals surface area contributed by atoms with E-state index in [1.54, 1.807) is 13.8 Å². The van der Waals surface area contributed by atoms with Crippen LogP contribution in [0.1, 0.15) is 106 Å². The molecule has 1 heterocycles. The number of Topliss-reactive ketones (excluding diaryl/α,β-unsaturated/α-hetero) is 1. The van der Waals surface area contributed by atoms with Crippen LogP contribution >= 0.6 is 0 Å². The second-order valence-corrected chi connectivity index (χ2v) is 18.2. The first kappa shape index (κ1) is 35.1. The maximum absolute atomic E-state index is 14.5. The minimum Gasteiger partial charge on any atom is -0.394 e. The molecule has 0 bridgehead atoms. The molecule has 46 heavy (non-hydrogen) atoms. The molecule has 0 unspecified atom stereocenters. The Balaban J connectivity index is 1.22. The third kappa shape index (κ3) is 4.71. The van der Waals surface area contributed by atoms with E-state index in [0.717, 1.165) is 25.7 Å². The number of fused-ring (bicyclic) bond motifs is 2. The topological polar surface area (TPSA) is 177 Å². The second kappa shape index (κ2) is 11.2. The van der Waals surface area contributed by atoms with Crippen molar-refractivity contribution in [1.82, 2.24) is 0 Å². The van der Waals surface area contributed by atoms with Crippen LogP contribution in [0.3, 0.4) is 0 Å². The zero-order chi connectivity index (χ0) is 34.0. The molecule has 5 saturated carbocycles. The fourth-order valence-corrected chi connectivity index (χ4v) is 12.7. The Morgan fingerprint density at radius 2 is 1.63 bits per heavy atom. The van der Waals surface area contributed by atoms with Crippen LogP contribution in [-0.2, 0) is 14.3 Å². The van der Waals surface area contributed by atoms with Gasteiger partial charge in [0, 0.05) is 17.8 Å². The average Bonchev–Trinajstić information content (AvgIpc) is 3.55. The van der Waals surface area contributed by atoms with Crippen molar-refractivity contribution in [2.45, 2.75) is 161 Å². The van der Waals surface area contributed by atoms with Gasteiger partial charge >= 0.3 is 0 Å². The maximum Gasteiger partial charge on any atom is 0.186 e. The zero-order valence-corrected chi connectivity index (χ0v) is 28.9. The number of rotatable bonds is 8. The number of ether oxygens (including phenoxy) is 2. The fourth-order valence-electron chi connectivity index (χ4n) is 12.7. The van der Waals surface area contributed by atoms with Gasteiger partial charge in [-0.05, 0) is 105 Å². The average molecular weight is 653 g/mol. The van der Waals surface area contributed by atoms with Gasteiger partial charge in [0.05, 0.1) is 30.5 Å². The van der Waals surface area contributed by atoms with E-state index < -0.39 is 66.6 Å². The molecule has 6 fully saturated rings. The maximum atomic E-state index is 14.5. The lowest BCUT2D eigenvalue weighted by atomic mass is 9.41. The summed E-state index contributed by atoms with van der Waals surface area (Å²) >= 11 is 0. The van der Waals surface area contributed by atoms with E-state index >= 15 is 0 Å². The molecule has 0 aromatic rings. The highest BCUT2D eigenvalue weighted by molar-refractivity contribution is 5.86. The number of hydrogen-bond acceptors (Lipinski definition) is 10. The molecule has 5 aliphatic carbocycles. The first-order valence-electron chi connectivity index (χ1n) is 17.8. The molecule has 10 heteroatoms. The normalized spacial score (nSPS) is 52.6. The van der Waals surface area contributed by atoms with Gasteiger partial charge in [-0.15, -0.1) is 0 Å². The first-order chi connectivity index (χ1) is 21.2. The summed E-state index contributed by atoms with van der Waals surface area (Å²) in [6.07, 6.45) is -1.69. The molecule has 2 spiro atoms. The number of aliphatic hydroxyl groups is 7. The summed E-state index contributed by atoms with van der Waals surface area (Å²) in [5.41, 5.74) is -2.22. The van der Waals surface area contributed by atoms with Gasteiger partial charge < -0.3 is 45.2 Å². The Labute approximate surface area is 273 Å². The molecule has 1 aliphatic heterocycles. The van der Waals surface area contributed by atoms with E-state index in [1.807, 2.05) is 0 Å². The Kier molecular flexibility index (Phi) is 8.52. The van der Waals surface area contributed by atoms with Crippen LogP contribution in [0, 0.1) is 50.7 Å². The van der Waals surface area contributed by atoms with E-state index in [9.17, 15) is 40.5 Å². The fraction of sp³-hybridized carbons (Fsp3) is 0.972. The lowest BCUT2D eigenvalue weighted by Crippen LogP contribution is -2.63. The molecule has 6 rings (SSSR count). The molecule has 6 aliphatic rings. The van der Waals surface area contributed by atoms with E-state index in [4.69, 9.17) is 9.47 Å². The van der Waals surface area contributed by atoms with Gasteiger partial charge in [-0.2, -0.15) is 0 Å². The molecule has 10 nitrogen and oxygen atoms in total. The summed E-state index contributed by atoms with van der Waals surface area (Å²) in [6.45, 7) is 13.7. The van der Waals surface area contributed by atoms with Crippen molar-refractivity contribution in [3.8, 4) is 0 Å². The summed E-state index contributed by atoms with van der Waals surface area (Å²) in [5.74, 6) is 0.398. The van der Waals surface area contributed by atoms with Gasteiger partial charge in [0.15, 0.2) is 6.29 Å². The van der Waals surface area contributed by atoms with Gasteiger partial charge in [-0.25, -0.2) is 0 Å². The summed E-state index contributed by atoms with van der Waals surface area (Å²) in [4.78, 5) is 14.5. The molecule has 0 aromatic carbocycles. The van der Waals surface area contributed by atoms with Gasteiger partial charge in [0.1, 0.15) is 30.2 Å². The smallest absolute Gasteiger partial charge is 0.186 e. The third-order valence-electron chi connectivity index (χ3n) is 15.3. The van der Waals surface area contributed by atoms with Crippen molar-refractivity contribution in [2.24, 2.45) is 50.7 Å². The minimum absolute atomic E-state index is 0.0279. The van der Waals surface area contributed by atoms with Crippen molar-refractivity contribution in [3.63, 3.8) is 0 Å². The summed E-state index contributed by atoms with van der Waals surface area (Å²) in [7, 11) is 0. The molecule has 264 valence electrons. The van der Waals surface area contributed by atoms with Gasteiger partial charge in [-0.3, -0.25) is 4.79 Å². The molecule has 1 saturated heterocycles. The van der Waals surface area contributed by atoms with Crippen LogP contribution in [0.15, 0.2) is 0 Å². The lowest BCUT2D eigenvalue weighted by molar-refractivity contribution is -0.325. The second-order valence-electron chi connectivity index (χ2n) is 18.2. The zero-order valence-electron chi connectivity index (χ0n) is 28.9. The third-order valence-corrected chi connectivity index (χ3v) is 15.3. The molecular weight excluding hydrogens is 592 g/mol. The predicted molar refractivity (Wildman–Crippen MR) is 168 cm³/mol. The minimum atomic E-state index is -1.52. The highest BCUT2D eigenvalue weighted by Crippen LogP contribution is 2.88. The lowest BCUT2D eigenvalue weighted by Gasteiger charge is -2.63. The van der Waals surface area contributed by atoms with Gasteiger partial charge in [0.2, 0.25) is 0 Å². The Hall–Kier alpha value is -0.690. The Bertz CT molecular complexity index is 1180. The van der Waals surface area contributed by atoms with Gasteiger partial charge in [0.25, 0.3) is 0 Å². The SMILES string of the molecule is C[C@H](CC[C@H](O)C(C)(C)O)[C@H]1[C@@H](O)C[C@@]2(C)[C@@H]3CC(=O)[C@H]4C(C)(C)[C@@H](O[C@@H]5O[C@H](CO)[C@@H](O)[C@H](O)[C@H]5O)CC[C@@]45C[C@@]35CC[C@]12C. The van der Waals surface area contributed by atoms with Crippen LogP contribution in [0.2, 0.25) is 0 Å². The number of hydrogen-bond donors (Lipinski definition) is 7. The summed E-state index contributed by atoms with van der Waals surface area (Å²) in [5, 5.41) is 73.4. The van der Waals surface area contributed by atoms with E-state index in [0.29, 0.717) is 32.1 Å². The quantitative estimate of drug-likeness (QED) is 0.193. The number of carbonyl (C=O) groups is 1. The highest BCUT2D eigenvalue weighted by Gasteiger charge is 2.84. The Morgan fingerprint density at radius 3 is 2.26 bits per heavy atom. The molecule has 16 atom stereocenters. The van der Waals surface area contributed by atoms with E-state index in [1.165, 1.54) is 0 Å². The molecule has 7 N–H and O–H groups in total. The van der Waals surface area contributed by atoms with Crippen molar-refractivity contribution < 1.29 is 50.0 Å². The van der Waals surface area contributed by atoms with Crippen LogP contribution in [0.4, 0.5) is 0 Å². The van der Waals surface area contributed by atoms with Crippen molar-refractivity contribution in [2.75, 3.05) is 6.61 Å². The van der Waals surface area contributed by atoms with Crippen molar-refractivity contribution in [3.05, 3.63) is 0 Å². The highest BCUT2D eigenvalue weighted by atomic mass is 16.7. The molecule has 0 aromatic heterocycles. The summed E-state index contributed by atoms with van der Waals surface area (Å²) in [6, 6.07) is 0. The number of ketones is 1. The standard InChI is InChI=1S/C36H60O10/c1-18(8-9-23(40)32(4,5)44)25-20(39)15-34(7)22-14-19(38)29-31(2,3)24(46-30-28(43)27(42)26(41)21(16-37)45-30)10-11-36(29)17-35(22,36)13-12-33(25,34)6/h18,20-30,37,39-44H,8-17H2,1-7H3/t18-,20+,21-,22+,23+,24+,25+,26-,27+,28-,29+,30+,33-,34+,35+,36-/m1/s1. The van der Waals surface area contributed by atoms with Crippen molar-refractivity contribution >= 4 is 5.78 Å². The number of aliphatic hydroxyl groups excluding tert-OH is 6. The van der Waals surface area contributed by atoms with Gasteiger partial charge in [-0.1, -0.05) is 34.6 Å². The summed E-state index contributed by atoms with van der Waals surface area (Å²) < 4.78 is 12.1. The van der Waals surface area contributed by atoms with Crippen LogP contribution in [0.25, 0.3) is 0 Å². The van der Waals surface area contributed by atoms with E-state index in [-0.39, 0.29) is 51.1 Å². The first-order valence-corrected chi connectivity index (χ1v) is 17.8. The molecule has 0 radical (unpaired) electrons. The van der Waals surface area contributed by atoms with Crippen LogP contribution in [-0.4, -0.2) is 103 Å². The number of carbonyl (C=O) groups excluding carboxylic acids is 1. The van der Waals surface area contributed by atoms with Crippen LogP contribution < -0.4 is 0 Å². The van der Waals surface area contributed by atoms with Crippen LogP contribution in [0.5, 0.6) is 0 Å². The Morgan fingerprint density at radius 1 is 0.957 bits per heavy atom. The molecule has 0 amide bonds.